The fraction of sp³-hybridized carbons (Fsp3) is 0.308. The highest BCUT2D eigenvalue weighted by atomic mass is 14.4. The molecule has 1 atom stereocenters. The van der Waals surface area contributed by atoms with Crippen molar-refractivity contribution >= 4 is 0 Å². The standard InChI is InChI=1S/C24H26.C2H6/c1-19-12-8-6-4-5-7-9-13-20(2)24(21(3)18-19)17-16-22-14-10-11-15-23(22)24;1-2/h5,7-15,18H,2-4,6,16-17H2,1H3;1-2H3/b7-5-,12-8-,13-9-,19-18-;. The Bertz CT molecular complexity index is 767. The summed E-state index contributed by atoms with van der Waals surface area (Å²) in [5.41, 5.74) is 6.15. The van der Waals surface area contributed by atoms with Gasteiger partial charge in [-0.05, 0) is 54.9 Å². The summed E-state index contributed by atoms with van der Waals surface area (Å²) in [5.74, 6) is 0. The number of benzene rings is 1. The molecule has 0 fully saturated rings. The fourth-order valence-electron chi connectivity index (χ4n) is 3.88. The second-order valence-electron chi connectivity index (χ2n) is 6.77. The van der Waals surface area contributed by atoms with Crippen molar-refractivity contribution in [1.82, 2.24) is 0 Å². The molecule has 26 heavy (non-hydrogen) atoms. The molecule has 1 unspecified atom stereocenters. The summed E-state index contributed by atoms with van der Waals surface area (Å²) in [6.45, 7) is 15.1. The Morgan fingerprint density at radius 2 is 1.62 bits per heavy atom. The lowest BCUT2D eigenvalue weighted by Crippen LogP contribution is -2.26. The molecule has 0 saturated carbocycles. The van der Waals surface area contributed by atoms with Crippen LogP contribution in [-0.2, 0) is 11.8 Å². The first-order valence-corrected chi connectivity index (χ1v) is 9.80. The Kier molecular flexibility index (Phi) is 7.21. The zero-order chi connectivity index (χ0) is 19.0. The van der Waals surface area contributed by atoms with Crippen LogP contribution in [0.4, 0.5) is 0 Å². The maximum Gasteiger partial charge on any atom is 0.0445 e. The van der Waals surface area contributed by atoms with E-state index in [1.165, 1.54) is 16.7 Å². The lowest BCUT2D eigenvalue weighted by atomic mass is 9.70. The van der Waals surface area contributed by atoms with Crippen LogP contribution in [0.25, 0.3) is 0 Å². The van der Waals surface area contributed by atoms with Crippen LogP contribution in [0.1, 0.15) is 51.2 Å². The molecule has 1 aromatic carbocycles. The van der Waals surface area contributed by atoms with E-state index in [0.29, 0.717) is 0 Å². The molecule has 0 bridgehead atoms. The third-order valence-electron chi connectivity index (χ3n) is 5.17. The first kappa shape index (κ1) is 20.0. The van der Waals surface area contributed by atoms with Crippen LogP contribution in [0.15, 0.2) is 96.7 Å². The van der Waals surface area contributed by atoms with Crippen molar-refractivity contribution in [1.29, 1.82) is 0 Å². The second-order valence-corrected chi connectivity index (χ2v) is 6.77. The number of hydrogen-bond acceptors (Lipinski definition) is 0. The van der Waals surface area contributed by atoms with Gasteiger partial charge in [0.1, 0.15) is 0 Å². The molecule has 0 heterocycles. The largest absolute Gasteiger partial charge is 0.0946 e. The van der Waals surface area contributed by atoms with Crippen LogP contribution >= 0.6 is 0 Å². The zero-order valence-corrected chi connectivity index (χ0v) is 16.6. The molecule has 1 spiro atoms. The first-order valence-electron chi connectivity index (χ1n) is 9.80. The van der Waals surface area contributed by atoms with Gasteiger partial charge in [-0.3, -0.25) is 0 Å². The van der Waals surface area contributed by atoms with E-state index in [1.807, 2.05) is 13.8 Å². The Hall–Kier alpha value is -2.34. The van der Waals surface area contributed by atoms with Gasteiger partial charge in [0.15, 0.2) is 0 Å². The van der Waals surface area contributed by atoms with E-state index in [2.05, 4.69) is 86.9 Å². The van der Waals surface area contributed by atoms with Crippen molar-refractivity contribution in [3.63, 3.8) is 0 Å². The molecule has 0 saturated heterocycles. The highest BCUT2D eigenvalue weighted by molar-refractivity contribution is 5.58. The van der Waals surface area contributed by atoms with Gasteiger partial charge in [-0.25, -0.2) is 0 Å². The van der Waals surface area contributed by atoms with Gasteiger partial charge in [0.2, 0.25) is 0 Å². The van der Waals surface area contributed by atoms with Crippen LogP contribution in [0.5, 0.6) is 0 Å². The van der Waals surface area contributed by atoms with Gasteiger partial charge in [0.05, 0.1) is 0 Å². The van der Waals surface area contributed by atoms with E-state index in [4.69, 9.17) is 0 Å². The summed E-state index contributed by atoms with van der Waals surface area (Å²) in [5, 5.41) is 0. The van der Waals surface area contributed by atoms with Crippen LogP contribution in [0.3, 0.4) is 0 Å². The average Bonchev–Trinajstić information content (AvgIpc) is 3.05. The Morgan fingerprint density at radius 3 is 2.42 bits per heavy atom. The summed E-state index contributed by atoms with van der Waals surface area (Å²) >= 11 is 0. The van der Waals surface area contributed by atoms with Crippen LogP contribution in [0.2, 0.25) is 0 Å². The third-order valence-corrected chi connectivity index (χ3v) is 5.17. The second kappa shape index (κ2) is 9.38. The van der Waals surface area contributed by atoms with Gasteiger partial charge in [0, 0.05) is 5.41 Å². The normalized spacial score (nSPS) is 28.3. The Morgan fingerprint density at radius 1 is 0.885 bits per heavy atom. The maximum absolute atomic E-state index is 4.48. The molecule has 0 aromatic heterocycles. The van der Waals surface area contributed by atoms with Gasteiger partial charge in [-0.15, -0.1) is 0 Å². The third kappa shape index (κ3) is 4.07. The zero-order valence-electron chi connectivity index (χ0n) is 16.6. The SMILES string of the molecule is C=C1/C=C\C=C/CC/C=C\C(C)=C/C(=C)C12CCc1ccccc12.CC. The monoisotopic (exact) mass is 344 g/mol. The summed E-state index contributed by atoms with van der Waals surface area (Å²) in [6.07, 6.45) is 19.6. The molecular formula is C26H32. The molecule has 1 aromatic rings. The number of rotatable bonds is 0. The first-order chi connectivity index (χ1) is 12.6. The fourth-order valence-corrected chi connectivity index (χ4v) is 3.88. The highest BCUT2D eigenvalue weighted by Crippen LogP contribution is 2.49. The topological polar surface area (TPSA) is 0 Å². The number of aryl methyl sites for hydroxylation is 1. The van der Waals surface area contributed by atoms with Crippen molar-refractivity contribution < 1.29 is 0 Å². The van der Waals surface area contributed by atoms with Crippen molar-refractivity contribution in [2.24, 2.45) is 0 Å². The predicted octanol–water partition coefficient (Wildman–Crippen LogP) is 7.42. The van der Waals surface area contributed by atoms with E-state index in [-0.39, 0.29) is 5.41 Å². The number of hydrogen-bond donors (Lipinski definition) is 0. The van der Waals surface area contributed by atoms with Gasteiger partial charge >= 0.3 is 0 Å². The van der Waals surface area contributed by atoms with E-state index in [1.54, 1.807) is 0 Å². The van der Waals surface area contributed by atoms with E-state index >= 15 is 0 Å². The quantitative estimate of drug-likeness (QED) is 0.459. The molecule has 0 amide bonds. The smallest absolute Gasteiger partial charge is 0.0445 e. The lowest BCUT2D eigenvalue weighted by Gasteiger charge is -2.33. The van der Waals surface area contributed by atoms with Crippen LogP contribution in [0, 0.1) is 0 Å². The molecule has 0 nitrogen and oxygen atoms in total. The Balaban J connectivity index is 0.00000117. The molecule has 2 aliphatic carbocycles. The molecule has 2 aliphatic rings. The van der Waals surface area contributed by atoms with Gasteiger partial charge in [0.25, 0.3) is 0 Å². The van der Waals surface area contributed by atoms with Gasteiger partial charge < -0.3 is 0 Å². The molecular weight excluding hydrogens is 312 g/mol. The maximum atomic E-state index is 4.48. The minimum absolute atomic E-state index is 0.177. The van der Waals surface area contributed by atoms with Crippen molar-refractivity contribution in [3.05, 3.63) is 108 Å². The molecule has 3 rings (SSSR count). The van der Waals surface area contributed by atoms with Crippen molar-refractivity contribution in [3.8, 4) is 0 Å². The highest BCUT2D eigenvalue weighted by Gasteiger charge is 2.41. The summed E-state index contributed by atoms with van der Waals surface area (Å²) in [4.78, 5) is 0. The van der Waals surface area contributed by atoms with Crippen LogP contribution < -0.4 is 0 Å². The summed E-state index contributed by atoms with van der Waals surface area (Å²) in [6, 6.07) is 8.75. The van der Waals surface area contributed by atoms with E-state index < -0.39 is 0 Å². The number of allylic oxidation sites excluding steroid dienone is 10. The van der Waals surface area contributed by atoms with Crippen molar-refractivity contribution in [2.75, 3.05) is 0 Å². The lowest BCUT2D eigenvalue weighted by molar-refractivity contribution is 0.611. The average molecular weight is 345 g/mol. The minimum atomic E-state index is -0.177. The van der Waals surface area contributed by atoms with Crippen molar-refractivity contribution in [2.45, 2.75) is 51.9 Å². The number of fused-ring (bicyclic) bond motifs is 2. The molecule has 0 N–H and O–H groups in total. The summed E-state index contributed by atoms with van der Waals surface area (Å²) in [7, 11) is 0. The van der Waals surface area contributed by atoms with Crippen LogP contribution in [-0.4, -0.2) is 0 Å². The minimum Gasteiger partial charge on any atom is -0.0946 e. The summed E-state index contributed by atoms with van der Waals surface area (Å²) < 4.78 is 0. The molecule has 0 aliphatic heterocycles. The van der Waals surface area contributed by atoms with Gasteiger partial charge in [-0.1, -0.05) is 99.4 Å². The van der Waals surface area contributed by atoms with E-state index in [9.17, 15) is 0 Å². The molecule has 0 radical (unpaired) electrons. The predicted molar refractivity (Wildman–Crippen MR) is 116 cm³/mol. The molecule has 0 heteroatoms. The van der Waals surface area contributed by atoms with E-state index in [0.717, 1.165) is 36.8 Å². The Labute approximate surface area is 160 Å². The van der Waals surface area contributed by atoms with Gasteiger partial charge in [-0.2, -0.15) is 0 Å². The molecule has 136 valence electrons.